The van der Waals surface area contributed by atoms with Gasteiger partial charge < -0.3 is 15.7 Å². The van der Waals surface area contributed by atoms with Gasteiger partial charge in [0.15, 0.2) is 6.04 Å². The lowest BCUT2D eigenvalue weighted by atomic mass is 10.1. The smallest absolute Gasteiger partial charge is 0.330 e. The van der Waals surface area contributed by atoms with Gasteiger partial charge in [0.2, 0.25) is 5.91 Å². The molecule has 3 N–H and O–H groups in total. The zero-order chi connectivity index (χ0) is 13.4. The normalized spacial score (nSPS) is 11.8. The summed E-state index contributed by atoms with van der Waals surface area (Å²) in [6, 6.07) is 7.64. The van der Waals surface area contributed by atoms with Crippen LogP contribution in [0.4, 0.5) is 0 Å². The molecule has 1 aromatic carbocycles. The molecule has 0 aromatic heterocycles. The van der Waals surface area contributed by atoms with Crippen molar-refractivity contribution in [3.63, 3.8) is 0 Å². The lowest BCUT2D eigenvalue weighted by molar-refractivity contribution is -0.141. The van der Waals surface area contributed by atoms with E-state index >= 15 is 0 Å². The summed E-state index contributed by atoms with van der Waals surface area (Å²) in [5, 5.41) is 14.5. The molecule has 0 saturated heterocycles. The lowest BCUT2D eigenvalue weighted by Crippen LogP contribution is -2.39. The molecule has 1 rings (SSSR count). The average Bonchev–Trinajstić information content (AvgIpc) is 2.37. The largest absolute Gasteiger partial charge is 0.479 e. The van der Waals surface area contributed by atoms with E-state index in [1.807, 2.05) is 6.92 Å². The van der Waals surface area contributed by atoms with E-state index in [2.05, 4.69) is 10.6 Å². The molecule has 0 saturated carbocycles. The van der Waals surface area contributed by atoms with Crippen molar-refractivity contribution in [2.75, 3.05) is 13.1 Å². The van der Waals surface area contributed by atoms with E-state index < -0.39 is 12.0 Å². The third kappa shape index (κ3) is 4.55. The number of nitrogens with one attached hydrogen (secondary N) is 2. The minimum Gasteiger partial charge on any atom is -0.479 e. The van der Waals surface area contributed by atoms with Gasteiger partial charge in [0, 0.05) is 0 Å². The van der Waals surface area contributed by atoms with Gasteiger partial charge in [0.1, 0.15) is 0 Å². The van der Waals surface area contributed by atoms with Crippen LogP contribution in [0.1, 0.15) is 24.9 Å². The molecule has 1 atom stereocenters. The molecule has 0 spiro atoms. The van der Waals surface area contributed by atoms with E-state index in [1.165, 1.54) is 0 Å². The number of amides is 1. The number of carbonyl (C=O) groups is 2. The number of carboxylic acids is 1. The number of benzene rings is 1. The van der Waals surface area contributed by atoms with Crippen molar-refractivity contribution in [3.05, 3.63) is 35.9 Å². The highest BCUT2D eigenvalue weighted by Gasteiger charge is 2.21. The second-order valence-corrected chi connectivity index (χ2v) is 3.93. The molecule has 0 aliphatic rings. The molecule has 5 nitrogen and oxygen atoms in total. The first-order chi connectivity index (χ1) is 8.65. The fourth-order valence-corrected chi connectivity index (χ4v) is 1.52. The molecule has 0 aliphatic carbocycles. The van der Waals surface area contributed by atoms with Crippen LogP contribution >= 0.6 is 0 Å². The molecular weight excluding hydrogens is 232 g/mol. The predicted molar refractivity (Wildman–Crippen MR) is 68.1 cm³/mol. The van der Waals surface area contributed by atoms with E-state index in [0.29, 0.717) is 5.56 Å². The Morgan fingerprint density at radius 2 is 1.94 bits per heavy atom. The monoisotopic (exact) mass is 250 g/mol. The van der Waals surface area contributed by atoms with Gasteiger partial charge in [-0.05, 0) is 18.5 Å². The van der Waals surface area contributed by atoms with Gasteiger partial charge in [-0.25, -0.2) is 4.79 Å². The Balaban J connectivity index is 2.59. The van der Waals surface area contributed by atoms with Gasteiger partial charge in [-0.1, -0.05) is 37.3 Å². The van der Waals surface area contributed by atoms with E-state index in [-0.39, 0.29) is 12.5 Å². The van der Waals surface area contributed by atoms with Crippen LogP contribution in [0.2, 0.25) is 0 Å². The van der Waals surface area contributed by atoms with Crippen molar-refractivity contribution < 1.29 is 14.7 Å². The molecule has 0 unspecified atom stereocenters. The SMILES string of the molecule is CCCNCC(=O)N[C@@H](C(=O)O)c1ccccc1. The Morgan fingerprint density at radius 1 is 1.28 bits per heavy atom. The zero-order valence-electron chi connectivity index (χ0n) is 10.3. The first kappa shape index (κ1) is 14.2. The molecule has 98 valence electrons. The summed E-state index contributed by atoms with van der Waals surface area (Å²) in [5.74, 6) is -1.38. The van der Waals surface area contributed by atoms with E-state index in [0.717, 1.165) is 13.0 Å². The summed E-state index contributed by atoms with van der Waals surface area (Å²) < 4.78 is 0. The Labute approximate surface area is 106 Å². The standard InChI is InChI=1S/C13H18N2O3/c1-2-8-14-9-11(16)15-12(13(17)18)10-6-4-3-5-7-10/h3-7,12,14H,2,8-9H2,1H3,(H,15,16)(H,17,18)/t12-/m1/s1. The Kier molecular flexibility index (Phi) is 5.87. The fourth-order valence-electron chi connectivity index (χ4n) is 1.52. The molecule has 0 fully saturated rings. The van der Waals surface area contributed by atoms with E-state index in [4.69, 9.17) is 5.11 Å². The highest BCUT2D eigenvalue weighted by Crippen LogP contribution is 2.12. The van der Waals surface area contributed by atoms with Gasteiger partial charge in [0.25, 0.3) is 0 Å². The van der Waals surface area contributed by atoms with E-state index in [9.17, 15) is 9.59 Å². The van der Waals surface area contributed by atoms with Crippen LogP contribution < -0.4 is 10.6 Å². The van der Waals surface area contributed by atoms with Crippen LogP contribution in [0.25, 0.3) is 0 Å². The maximum atomic E-state index is 11.6. The first-order valence-corrected chi connectivity index (χ1v) is 5.93. The zero-order valence-corrected chi connectivity index (χ0v) is 10.3. The van der Waals surface area contributed by atoms with Gasteiger partial charge in [-0.15, -0.1) is 0 Å². The van der Waals surface area contributed by atoms with Gasteiger partial charge in [0.05, 0.1) is 6.54 Å². The summed E-state index contributed by atoms with van der Waals surface area (Å²) in [7, 11) is 0. The predicted octanol–water partition coefficient (Wildman–Crippen LogP) is 0.928. The molecule has 18 heavy (non-hydrogen) atoms. The molecule has 0 aliphatic heterocycles. The average molecular weight is 250 g/mol. The third-order valence-electron chi connectivity index (χ3n) is 2.40. The quantitative estimate of drug-likeness (QED) is 0.629. The van der Waals surface area contributed by atoms with Crippen LogP contribution in [0, 0.1) is 0 Å². The van der Waals surface area contributed by atoms with Gasteiger partial charge in [-0.3, -0.25) is 4.79 Å². The fraction of sp³-hybridized carbons (Fsp3) is 0.385. The van der Waals surface area contributed by atoms with E-state index in [1.54, 1.807) is 30.3 Å². The highest BCUT2D eigenvalue weighted by atomic mass is 16.4. The number of hydrogen-bond donors (Lipinski definition) is 3. The summed E-state index contributed by atoms with van der Waals surface area (Å²) in [4.78, 5) is 22.7. The second kappa shape index (κ2) is 7.45. The molecule has 0 heterocycles. The van der Waals surface area contributed by atoms with Gasteiger partial charge >= 0.3 is 5.97 Å². The highest BCUT2D eigenvalue weighted by molar-refractivity contribution is 5.85. The Morgan fingerprint density at radius 3 is 2.50 bits per heavy atom. The van der Waals surface area contributed by atoms with Crippen molar-refractivity contribution in [2.45, 2.75) is 19.4 Å². The minimum absolute atomic E-state index is 0.129. The minimum atomic E-state index is -1.06. The number of carboxylic acid groups (broad SMARTS) is 1. The molecule has 1 aromatic rings. The maximum absolute atomic E-state index is 11.6. The summed E-state index contributed by atoms with van der Waals surface area (Å²) in [6.07, 6.45) is 0.925. The van der Waals surface area contributed by atoms with Crippen LogP contribution in [-0.2, 0) is 9.59 Å². The van der Waals surface area contributed by atoms with Crippen molar-refractivity contribution >= 4 is 11.9 Å². The number of aliphatic carboxylic acids is 1. The summed E-state index contributed by atoms with van der Waals surface area (Å²) in [6.45, 7) is 2.86. The summed E-state index contributed by atoms with van der Waals surface area (Å²) >= 11 is 0. The molecule has 0 bridgehead atoms. The number of hydrogen-bond acceptors (Lipinski definition) is 3. The lowest BCUT2D eigenvalue weighted by Gasteiger charge is -2.15. The van der Waals surface area contributed by atoms with Crippen LogP contribution in [0.3, 0.4) is 0 Å². The maximum Gasteiger partial charge on any atom is 0.330 e. The van der Waals surface area contributed by atoms with Crippen LogP contribution in [0.15, 0.2) is 30.3 Å². The van der Waals surface area contributed by atoms with Crippen LogP contribution in [-0.4, -0.2) is 30.1 Å². The Bertz CT molecular complexity index is 392. The number of carbonyl (C=O) groups excluding carboxylic acids is 1. The van der Waals surface area contributed by atoms with Crippen LogP contribution in [0.5, 0.6) is 0 Å². The van der Waals surface area contributed by atoms with Crippen molar-refractivity contribution in [1.82, 2.24) is 10.6 Å². The first-order valence-electron chi connectivity index (χ1n) is 5.93. The third-order valence-corrected chi connectivity index (χ3v) is 2.40. The molecule has 1 amide bonds. The molecular formula is C13H18N2O3. The second-order valence-electron chi connectivity index (χ2n) is 3.93. The van der Waals surface area contributed by atoms with Crippen molar-refractivity contribution in [2.24, 2.45) is 0 Å². The summed E-state index contributed by atoms with van der Waals surface area (Å²) in [5.41, 5.74) is 0.564. The van der Waals surface area contributed by atoms with Crippen molar-refractivity contribution in [1.29, 1.82) is 0 Å². The van der Waals surface area contributed by atoms with Crippen molar-refractivity contribution in [3.8, 4) is 0 Å². The molecule has 5 heteroatoms. The van der Waals surface area contributed by atoms with Gasteiger partial charge in [-0.2, -0.15) is 0 Å². The number of rotatable bonds is 7. The Hall–Kier alpha value is -1.88. The topological polar surface area (TPSA) is 78.4 Å². The molecule has 0 radical (unpaired) electrons.